The third-order valence-corrected chi connectivity index (χ3v) is 4.64. The molecule has 0 aromatic carbocycles. The van der Waals surface area contributed by atoms with Crippen molar-refractivity contribution in [3.05, 3.63) is 27.2 Å². The summed E-state index contributed by atoms with van der Waals surface area (Å²) < 4.78 is 0. The summed E-state index contributed by atoms with van der Waals surface area (Å²) in [5, 5.41) is 5.65. The lowest BCUT2D eigenvalue weighted by atomic mass is 9.98. The number of anilines is 1. The number of thiazole rings is 2. The lowest BCUT2D eigenvalue weighted by Crippen LogP contribution is -2.11. The highest BCUT2D eigenvalue weighted by atomic mass is 32.1. The quantitative estimate of drug-likeness (QED) is 0.883. The van der Waals surface area contributed by atoms with Crippen molar-refractivity contribution in [1.82, 2.24) is 9.97 Å². The summed E-state index contributed by atoms with van der Waals surface area (Å²) in [6, 6.07) is 0. The van der Waals surface area contributed by atoms with Crippen LogP contribution in [0.25, 0.3) is 0 Å². The summed E-state index contributed by atoms with van der Waals surface area (Å²) >= 11 is 2.60. The Hall–Kier alpha value is -1.60. The van der Waals surface area contributed by atoms with Gasteiger partial charge < -0.3 is 0 Å². The van der Waals surface area contributed by atoms with E-state index in [9.17, 15) is 9.59 Å². The van der Waals surface area contributed by atoms with Crippen molar-refractivity contribution in [3.8, 4) is 0 Å². The molecule has 0 bridgehead atoms. The molecular formula is C13H15N3O2S2. The Morgan fingerprint density at radius 3 is 2.50 bits per heavy atom. The van der Waals surface area contributed by atoms with Crippen molar-refractivity contribution in [2.75, 3.05) is 5.32 Å². The molecule has 0 aliphatic heterocycles. The summed E-state index contributed by atoms with van der Waals surface area (Å²) in [6.07, 6.45) is 1.57. The van der Waals surface area contributed by atoms with E-state index in [1.54, 1.807) is 11.6 Å². The number of aromatic nitrogens is 2. The van der Waals surface area contributed by atoms with Gasteiger partial charge in [0.05, 0.1) is 11.2 Å². The van der Waals surface area contributed by atoms with Gasteiger partial charge in [0.1, 0.15) is 10.6 Å². The molecule has 0 atom stereocenters. The summed E-state index contributed by atoms with van der Waals surface area (Å²) in [7, 11) is 0. The fourth-order valence-electron chi connectivity index (χ4n) is 1.38. The Morgan fingerprint density at radius 1 is 1.30 bits per heavy atom. The van der Waals surface area contributed by atoms with Crippen LogP contribution in [0.5, 0.6) is 0 Å². The molecule has 7 heteroatoms. The van der Waals surface area contributed by atoms with Crippen molar-refractivity contribution in [1.29, 1.82) is 0 Å². The SMILES string of the molecule is CC(=O)c1csc(NC(=O)c2cnc(C(C)(C)C)s2)n1. The Morgan fingerprint density at radius 2 is 2.00 bits per heavy atom. The Labute approximate surface area is 125 Å². The highest BCUT2D eigenvalue weighted by Gasteiger charge is 2.20. The predicted molar refractivity (Wildman–Crippen MR) is 80.9 cm³/mol. The van der Waals surface area contributed by atoms with Crippen LogP contribution in [0, 0.1) is 0 Å². The van der Waals surface area contributed by atoms with E-state index in [2.05, 4.69) is 15.3 Å². The maximum absolute atomic E-state index is 12.1. The number of hydrogen-bond donors (Lipinski definition) is 1. The molecule has 20 heavy (non-hydrogen) atoms. The van der Waals surface area contributed by atoms with Crippen LogP contribution < -0.4 is 5.32 Å². The van der Waals surface area contributed by atoms with Gasteiger partial charge in [-0.25, -0.2) is 9.97 Å². The maximum Gasteiger partial charge on any atom is 0.269 e. The normalized spacial score (nSPS) is 11.4. The molecule has 0 unspecified atom stereocenters. The summed E-state index contributed by atoms with van der Waals surface area (Å²) in [6.45, 7) is 7.59. The van der Waals surface area contributed by atoms with E-state index in [1.165, 1.54) is 29.6 Å². The van der Waals surface area contributed by atoms with Gasteiger partial charge in [-0.3, -0.25) is 14.9 Å². The first-order chi connectivity index (χ1) is 9.27. The molecule has 2 aromatic heterocycles. The van der Waals surface area contributed by atoms with Crippen molar-refractivity contribution < 1.29 is 9.59 Å². The van der Waals surface area contributed by atoms with E-state index in [1.807, 2.05) is 20.8 Å². The van der Waals surface area contributed by atoms with Crippen molar-refractivity contribution in [2.24, 2.45) is 0 Å². The molecule has 2 aromatic rings. The van der Waals surface area contributed by atoms with Crippen LogP contribution in [0.4, 0.5) is 5.13 Å². The maximum atomic E-state index is 12.1. The topological polar surface area (TPSA) is 72.0 Å². The summed E-state index contributed by atoms with van der Waals surface area (Å²) in [5.41, 5.74) is 0.289. The minimum atomic E-state index is -0.248. The standard InChI is InChI=1S/C13H15N3O2S2/c1-7(17)8-6-19-12(15-8)16-10(18)9-5-14-11(20-9)13(2,3)4/h5-6H,1-4H3,(H,15,16,18). The fourth-order valence-corrected chi connectivity index (χ4v) is 2.99. The molecule has 2 rings (SSSR count). The molecule has 0 aliphatic carbocycles. The predicted octanol–water partition coefficient (Wildman–Crippen LogP) is 3.35. The lowest BCUT2D eigenvalue weighted by Gasteiger charge is -2.13. The van der Waals surface area contributed by atoms with Crippen LogP contribution in [0.2, 0.25) is 0 Å². The van der Waals surface area contributed by atoms with Gasteiger partial charge in [-0.1, -0.05) is 20.8 Å². The van der Waals surface area contributed by atoms with E-state index in [0.29, 0.717) is 15.7 Å². The molecule has 1 N–H and O–H groups in total. The zero-order chi connectivity index (χ0) is 14.9. The molecule has 0 aliphatic rings. The monoisotopic (exact) mass is 309 g/mol. The summed E-state index contributed by atoms with van der Waals surface area (Å²) in [5.74, 6) is -0.364. The number of nitrogens with one attached hydrogen (secondary N) is 1. The van der Waals surface area contributed by atoms with Gasteiger partial charge in [0, 0.05) is 17.7 Å². The Balaban J connectivity index is 2.11. The number of amides is 1. The number of rotatable bonds is 3. The number of Topliss-reactive ketones (excluding diaryl/α,β-unsaturated/α-hetero) is 1. The molecule has 0 saturated carbocycles. The van der Waals surface area contributed by atoms with E-state index in [0.717, 1.165) is 5.01 Å². The zero-order valence-corrected chi connectivity index (χ0v) is 13.3. The second-order valence-electron chi connectivity index (χ2n) is 5.33. The van der Waals surface area contributed by atoms with Crippen LogP contribution in [0.3, 0.4) is 0 Å². The van der Waals surface area contributed by atoms with E-state index < -0.39 is 0 Å². The van der Waals surface area contributed by atoms with Gasteiger partial charge in [-0.2, -0.15) is 0 Å². The molecule has 2 heterocycles. The van der Waals surface area contributed by atoms with Gasteiger partial charge in [0.15, 0.2) is 10.9 Å². The van der Waals surface area contributed by atoms with Crippen molar-refractivity contribution >= 4 is 39.5 Å². The smallest absolute Gasteiger partial charge is 0.269 e. The largest absolute Gasteiger partial charge is 0.297 e. The number of carbonyl (C=O) groups excluding carboxylic acids is 2. The average molecular weight is 309 g/mol. The van der Waals surface area contributed by atoms with Crippen LogP contribution in [-0.4, -0.2) is 21.7 Å². The lowest BCUT2D eigenvalue weighted by molar-refractivity contribution is 0.100. The van der Waals surface area contributed by atoms with Gasteiger partial charge in [-0.05, 0) is 0 Å². The Kier molecular flexibility index (Phi) is 4.01. The van der Waals surface area contributed by atoms with Crippen LogP contribution in [-0.2, 0) is 5.41 Å². The molecular weight excluding hydrogens is 294 g/mol. The molecule has 106 valence electrons. The van der Waals surface area contributed by atoms with Crippen LogP contribution >= 0.6 is 22.7 Å². The number of hydrogen-bond acceptors (Lipinski definition) is 6. The summed E-state index contributed by atoms with van der Waals surface area (Å²) in [4.78, 5) is 32.1. The van der Waals surface area contributed by atoms with Crippen LogP contribution in [0.1, 0.15) is 52.9 Å². The number of ketones is 1. The number of nitrogens with zero attached hydrogens (tertiary/aromatic N) is 2. The van der Waals surface area contributed by atoms with Gasteiger partial charge in [0.2, 0.25) is 0 Å². The molecule has 0 spiro atoms. The van der Waals surface area contributed by atoms with Gasteiger partial charge in [0.25, 0.3) is 5.91 Å². The molecule has 1 amide bonds. The minimum absolute atomic E-state index is 0.0772. The average Bonchev–Trinajstić information content (AvgIpc) is 2.95. The number of carbonyl (C=O) groups is 2. The van der Waals surface area contributed by atoms with Gasteiger partial charge >= 0.3 is 0 Å². The van der Waals surface area contributed by atoms with E-state index in [-0.39, 0.29) is 17.1 Å². The molecule has 0 saturated heterocycles. The first kappa shape index (κ1) is 14.8. The van der Waals surface area contributed by atoms with E-state index in [4.69, 9.17) is 0 Å². The van der Waals surface area contributed by atoms with Crippen molar-refractivity contribution in [3.63, 3.8) is 0 Å². The molecule has 5 nitrogen and oxygen atoms in total. The Bertz CT molecular complexity index is 653. The first-order valence-corrected chi connectivity index (χ1v) is 7.71. The van der Waals surface area contributed by atoms with Crippen molar-refractivity contribution in [2.45, 2.75) is 33.1 Å². The zero-order valence-electron chi connectivity index (χ0n) is 11.7. The highest BCUT2D eigenvalue weighted by Crippen LogP contribution is 2.27. The second kappa shape index (κ2) is 5.41. The highest BCUT2D eigenvalue weighted by molar-refractivity contribution is 7.15. The minimum Gasteiger partial charge on any atom is -0.297 e. The fraction of sp³-hybridized carbons (Fsp3) is 0.385. The van der Waals surface area contributed by atoms with Crippen LogP contribution in [0.15, 0.2) is 11.6 Å². The second-order valence-corrected chi connectivity index (χ2v) is 7.22. The molecule has 0 radical (unpaired) electrons. The third kappa shape index (κ3) is 3.29. The third-order valence-electron chi connectivity index (χ3n) is 2.46. The molecule has 0 fully saturated rings. The first-order valence-electron chi connectivity index (χ1n) is 6.01. The van der Waals surface area contributed by atoms with E-state index >= 15 is 0 Å². The van der Waals surface area contributed by atoms with Gasteiger partial charge in [-0.15, -0.1) is 22.7 Å².